The fraction of sp³-hybridized carbons (Fsp3) is 0.800. The van der Waals surface area contributed by atoms with Gasteiger partial charge in [-0.2, -0.15) is 0 Å². The quantitative estimate of drug-likeness (QED) is 0.774. The van der Waals surface area contributed by atoms with Crippen molar-refractivity contribution in [2.75, 3.05) is 19.6 Å². The van der Waals surface area contributed by atoms with E-state index in [1.165, 1.54) is 18.7 Å². The second kappa shape index (κ2) is 6.48. The maximum absolute atomic E-state index is 12.1. The van der Waals surface area contributed by atoms with Crippen LogP contribution in [0.15, 0.2) is 0 Å². The van der Waals surface area contributed by atoms with Gasteiger partial charge in [0.05, 0.1) is 6.04 Å². The minimum absolute atomic E-state index is 0.0394. The molecular weight excluding hydrogens is 304 g/mol. The van der Waals surface area contributed by atoms with Crippen molar-refractivity contribution in [3.8, 4) is 0 Å². The number of amides is 2. The first kappa shape index (κ1) is 17.1. The zero-order chi connectivity index (χ0) is 16.5. The third-order valence-corrected chi connectivity index (χ3v) is 4.69. The van der Waals surface area contributed by atoms with Crippen molar-refractivity contribution in [3.63, 3.8) is 0 Å². The van der Waals surface area contributed by atoms with E-state index >= 15 is 0 Å². The van der Waals surface area contributed by atoms with E-state index in [1.807, 2.05) is 25.7 Å². The Bertz CT molecular complexity index is 475. The number of hydrogen-bond donors (Lipinski definition) is 0. The molecule has 2 heterocycles. The van der Waals surface area contributed by atoms with Crippen LogP contribution in [0.5, 0.6) is 0 Å². The molecule has 2 aliphatic heterocycles. The van der Waals surface area contributed by atoms with Crippen molar-refractivity contribution < 1.29 is 19.1 Å². The van der Waals surface area contributed by atoms with Crippen molar-refractivity contribution in [3.05, 3.63) is 0 Å². The standard InChI is InChI=1S/C15H24N2O4S/c1-10(18)22-12-7-13(19)17(9-12)11-5-6-16(8-11)14(20)21-15(2,3)4/h11-12H,5-9H2,1-4H3. The van der Waals surface area contributed by atoms with E-state index < -0.39 is 5.60 Å². The zero-order valence-electron chi connectivity index (χ0n) is 13.6. The van der Waals surface area contributed by atoms with E-state index in [2.05, 4.69) is 0 Å². The van der Waals surface area contributed by atoms with Crippen LogP contribution in [0.4, 0.5) is 4.79 Å². The smallest absolute Gasteiger partial charge is 0.410 e. The molecule has 0 radical (unpaired) electrons. The lowest BCUT2D eigenvalue weighted by Crippen LogP contribution is -2.41. The molecule has 2 amide bonds. The number of likely N-dealkylation sites (tertiary alicyclic amines) is 2. The predicted molar refractivity (Wildman–Crippen MR) is 84.6 cm³/mol. The molecule has 0 saturated carbocycles. The molecule has 2 unspecified atom stereocenters. The molecule has 0 aromatic rings. The molecule has 2 rings (SSSR count). The highest BCUT2D eigenvalue weighted by Crippen LogP contribution is 2.29. The molecule has 124 valence electrons. The van der Waals surface area contributed by atoms with Crippen molar-refractivity contribution in [2.45, 2.75) is 57.4 Å². The summed E-state index contributed by atoms with van der Waals surface area (Å²) in [6.07, 6.45) is 0.853. The van der Waals surface area contributed by atoms with Crippen LogP contribution in [0.1, 0.15) is 40.5 Å². The summed E-state index contributed by atoms with van der Waals surface area (Å²) in [5.74, 6) is 0.0785. The summed E-state index contributed by atoms with van der Waals surface area (Å²) in [6.45, 7) is 8.75. The lowest BCUT2D eigenvalue weighted by Gasteiger charge is -2.26. The van der Waals surface area contributed by atoms with Gasteiger partial charge < -0.3 is 14.5 Å². The van der Waals surface area contributed by atoms with Gasteiger partial charge >= 0.3 is 6.09 Å². The fourth-order valence-corrected chi connectivity index (χ4v) is 3.78. The molecule has 22 heavy (non-hydrogen) atoms. The number of carbonyl (C=O) groups is 3. The molecule has 7 heteroatoms. The molecule has 0 spiro atoms. The van der Waals surface area contributed by atoms with Gasteiger partial charge in [-0.15, -0.1) is 0 Å². The molecule has 2 atom stereocenters. The first-order valence-corrected chi connectivity index (χ1v) is 8.48. The van der Waals surface area contributed by atoms with Gasteiger partial charge in [0, 0.05) is 38.2 Å². The van der Waals surface area contributed by atoms with E-state index in [9.17, 15) is 14.4 Å². The average Bonchev–Trinajstić information content (AvgIpc) is 2.92. The van der Waals surface area contributed by atoms with Crippen LogP contribution in [-0.4, -0.2) is 63.4 Å². The van der Waals surface area contributed by atoms with Crippen molar-refractivity contribution in [2.24, 2.45) is 0 Å². The number of rotatable bonds is 2. The van der Waals surface area contributed by atoms with Gasteiger partial charge in [0.1, 0.15) is 5.60 Å². The number of hydrogen-bond acceptors (Lipinski definition) is 5. The van der Waals surface area contributed by atoms with E-state index in [0.717, 1.165) is 6.42 Å². The number of carbonyl (C=O) groups excluding carboxylic acids is 3. The second-order valence-electron chi connectivity index (χ2n) is 6.85. The molecule has 0 aromatic carbocycles. The van der Waals surface area contributed by atoms with Crippen LogP contribution in [-0.2, 0) is 14.3 Å². The third kappa shape index (κ3) is 4.38. The van der Waals surface area contributed by atoms with Crippen molar-refractivity contribution in [1.82, 2.24) is 9.80 Å². The maximum Gasteiger partial charge on any atom is 0.410 e. The molecular formula is C15H24N2O4S. The molecule has 6 nitrogen and oxygen atoms in total. The van der Waals surface area contributed by atoms with Crippen LogP contribution in [0.25, 0.3) is 0 Å². The zero-order valence-corrected chi connectivity index (χ0v) is 14.4. The Balaban J connectivity index is 1.89. The van der Waals surface area contributed by atoms with E-state index in [-0.39, 0.29) is 28.4 Å². The highest BCUT2D eigenvalue weighted by atomic mass is 32.2. The normalized spacial score (nSPS) is 25.7. The summed E-state index contributed by atoms with van der Waals surface area (Å²) in [5.41, 5.74) is -0.512. The molecule has 0 aromatic heterocycles. The first-order valence-electron chi connectivity index (χ1n) is 7.60. The summed E-state index contributed by atoms with van der Waals surface area (Å²) >= 11 is 1.24. The van der Waals surface area contributed by atoms with Gasteiger partial charge in [0.2, 0.25) is 5.91 Å². The Morgan fingerprint density at radius 3 is 2.55 bits per heavy atom. The Kier molecular flexibility index (Phi) is 5.04. The van der Waals surface area contributed by atoms with Gasteiger partial charge in [-0.1, -0.05) is 11.8 Å². The SMILES string of the molecule is CC(=O)SC1CC(=O)N(C2CCN(C(=O)OC(C)(C)C)C2)C1. The Morgan fingerprint density at radius 1 is 1.27 bits per heavy atom. The summed E-state index contributed by atoms with van der Waals surface area (Å²) in [7, 11) is 0. The highest BCUT2D eigenvalue weighted by molar-refractivity contribution is 8.14. The minimum atomic E-state index is -0.512. The summed E-state index contributed by atoms with van der Waals surface area (Å²) < 4.78 is 5.37. The monoisotopic (exact) mass is 328 g/mol. The Labute approximate surface area is 135 Å². The molecule has 2 fully saturated rings. The molecule has 0 bridgehead atoms. The highest BCUT2D eigenvalue weighted by Gasteiger charge is 2.39. The van der Waals surface area contributed by atoms with Crippen LogP contribution < -0.4 is 0 Å². The Hall–Kier alpha value is -1.24. The maximum atomic E-state index is 12.1. The van der Waals surface area contributed by atoms with Crippen molar-refractivity contribution in [1.29, 1.82) is 0 Å². The summed E-state index contributed by atoms with van der Waals surface area (Å²) in [5, 5.41) is 0.0852. The van der Waals surface area contributed by atoms with E-state index in [4.69, 9.17) is 4.74 Å². The van der Waals surface area contributed by atoms with E-state index in [1.54, 1.807) is 4.90 Å². The summed E-state index contributed by atoms with van der Waals surface area (Å²) in [6, 6.07) is 0.0394. The average molecular weight is 328 g/mol. The van der Waals surface area contributed by atoms with E-state index in [0.29, 0.717) is 26.1 Å². The molecule has 0 N–H and O–H groups in total. The van der Waals surface area contributed by atoms with Crippen LogP contribution in [0, 0.1) is 0 Å². The number of thioether (sulfide) groups is 1. The lowest BCUT2D eigenvalue weighted by molar-refractivity contribution is -0.129. The molecule has 0 aliphatic carbocycles. The number of ether oxygens (including phenoxy) is 1. The van der Waals surface area contributed by atoms with Gasteiger partial charge in [-0.25, -0.2) is 4.79 Å². The number of nitrogens with zero attached hydrogens (tertiary/aromatic N) is 2. The second-order valence-corrected chi connectivity index (χ2v) is 8.33. The van der Waals surface area contributed by atoms with Crippen LogP contribution >= 0.6 is 11.8 Å². The largest absolute Gasteiger partial charge is 0.444 e. The third-order valence-electron chi connectivity index (χ3n) is 3.71. The molecule has 2 saturated heterocycles. The van der Waals surface area contributed by atoms with Crippen LogP contribution in [0.3, 0.4) is 0 Å². The van der Waals surface area contributed by atoms with Gasteiger partial charge in [-0.05, 0) is 27.2 Å². The van der Waals surface area contributed by atoms with Crippen LogP contribution in [0.2, 0.25) is 0 Å². The van der Waals surface area contributed by atoms with Gasteiger partial charge in [0.25, 0.3) is 0 Å². The minimum Gasteiger partial charge on any atom is -0.444 e. The topological polar surface area (TPSA) is 66.9 Å². The predicted octanol–water partition coefficient (Wildman–Crippen LogP) is 1.88. The lowest BCUT2D eigenvalue weighted by atomic mass is 10.2. The first-order chi connectivity index (χ1) is 10.2. The molecule has 2 aliphatic rings. The van der Waals surface area contributed by atoms with Gasteiger partial charge in [-0.3, -0.25) is 9.59 Å². The van der Waals surface area contributed by atoms with Gasteiger partial charge in [0.15, 0.2) is 5.12 Å². The Morgan fingerprint density at radius 2 is 1.95 bits per heavy atom. The van der Waals surface area contributed by atoms with Crippen molar-refractivity contribution >= 4 is 28.9 Å². The fourth-order valence-electron chi connectivity index (χ4n) is 2.85. The summed E-state index contributed by atoms with van der Waals surface area (Å²) in [4.78, 5) is 38.8.